The van der Waals surface area contributed by atoms with Gasteiger partial charge in [-0.15, -0.1) is 0 Å². The van der Waals surface area contributed by atoms with Gasteiger partial charge in [-0.1, -0.05) is 56.8 Å². The summed E-state index contributed by atoms with van der Waals surface area (Å²) < 4.78 is 0. The van der Waals surface area contributed by atoms with Crippen LogP contribution in [0.2, 0.25) is 5.02 Å². The van der Waals surface area contributed by atoms with Crippen molar-refractivity contribution in [1.29, 1.82) is 0 Å². The van der Waals surface area contributed by atoms with E-state index in [0.717, 1.165) is 18.4 Å². The molecule has 1 aromatic rings. The van der Waals surface area contributed by atoms with Crippen LogP contribution < -0.4 is 10.7 Å². The Bertz CT molecular complexity index is 997. The predicted molar refractivity (Wildman–Crippen MR) is 137 cm³/mol. The van der Waals surface area contributed by atoms with Crippen LogP contribution in [0, 0.1) is 17.8 Å². The molecule has 4 fully saturated rings. The number of carbonyl (C=O) groups is 3. The lowest BCUT2D eigenvalue weighted by Crippen LogP contribution is -2.67. The number of halogens is 1. The van der Waals surface area contributed by atoms with Gasteiger partial charge in [-0.05, 0) is 55.7 Å². The summed E-state index contributed by atoms with van der Waals surface area (Å²) in [4.78, 5) is 44.2. The molecule has 9 heteroatoms. The lowest BCUT2D eigenvalue weighted by atomic mass is 9.75. The Balaban J connectivity index is 1.36. The van der Waals surface area contributed by atoms with Crippen molar-refractivity contribution < 1.29 is 14.4 Å². The molecule has 1 aromatic carbocycles. The van der Waals surface area contributed by atoms with Crippen LogP contribution in [0.25, 0.3) is 0 Å². The van der Waals surface area contributed by atoms with Crippen LogP contribution in [0.4, 0.5) is 4.79 Å². The molecule has 2 aliphatic carbocycles. The minimum absolute atomic E-state index is 0.0874. The van der Waals surface area contributed by atoms with Gasteiger partial charge in [-0.2, -0.15) is 5.43 Å². The van der Waals surface area contributed by atoms with Crippen LogP contribution in [0.3, 0.4) is 0 Å². The lowest BCUT2D eigenvalue weighted by Gasteiger charge is -2.50. The van der Waals surface area contributed by atoms with E-state index in [-0.39, 0.29) is 47.7 Å². The van der Waals surface area contributed by atoms with E-state index in [1.165, 1.54) is 19.3 Å². The van der Waals surface area contributed by atoms with Crippen LogP contribution in [-0.2, 0) is 16.1 Å². The molecule has 0 radical (unpaired) electrons. The van der Waals surface area contributed by atoms with E-state index in [9.17, 15) is 14.4 Å². The second-order valence-corrected chi connectivity index (χ2v) is 11.8. The predicted octanol–water partition coefficient (Wildman–Crippen LogP) is 4.10. The minimum atomic E-state index is -0.534. The van der Waals surface area contributed by atoms with Crippen molar-refractivity contribution >= 4 is 29.4 Å². The number of urea groups is 1. The SMILES string of the molecule is CC(C)CN1C(=O)C2CCC(C(=O)NC3CCCCC3)CC2N2C(=O)N(Cc3cccc(Cl)c3)NC12. The van der Waals surface area contributed by atoms with Gasteiger partial charge in [-0.25, -0.2) is 4.79 Å². The van der Waals surface area contributed by atoms with Crippen molar-refractivity contribution in [2.24, 2.45) is 17.8 Å². The summed E-state index contributed by atoms with van der Waals surface area (Å²) in [5, 5.41) is 5.48. The van der Waals surface area contributed by atoms with Gasteiger partial charge in [-0.3, -0.25) is 19.5 Å². The van der Waals surface area contributed by atoms with Gasteiger partial charge in [0.2, 0.25) is 11.8 Å². The lowest BCUT2D eigenvalue weighted by molar-refractivity contribution is -0.159. The minimum Gasteiger partial charge on any atom is -0.353 e. The highest BCUT2D eigenvalue weighted by molar-refractivity contribution is 6.30. The first-order valence-electron chi connectivity index (χ1n) is 13.5. The van der Waals surface area contributed by atoms with Gasteiger partial charge in [0.1, 0.15) is 0 Å². The third-order valence-corrected chi connectivity index (χ3v) is 8.40. The van der Waals surface area contributed by atoms with Crippen molar-refractivity contribution in [2.75, 3.05) is 6.54 Å². The standard InChI is InChI=1S/C27H38ClN5O3/c1-17(2)15-31-25(35)22-12-11-19(24(34)29-21-9-4-3-5-10-21)14-23(22)33-26(31)30-32(27(33)36)16-18-7-6-8-20(28)13-18/h6-8,13,17,19,21-23,26,30H,3-5,9-12,14-16H2,1-2H3,(H,29,34). The maximum absolute atomic E-state index is 13.7. The fourth-order valence-corrected chi connectivity index (χ4v) is 6.65. The molecule has 2 saturated heterocycles. The second-order valence-electron chi connectivity index (χ2n) is 11.3. The topological polar surface area (TPSA) is 85.0 Å². The summed E-state index contributed by atoms with van der Waals surface area (Å²) >= 11 is 6.17. The van der Waals surface area contributed by atoms with E-state index in [4.69, 9.17) is 11.6 Å². The average Bonchev–Trinajstić information content (AvgIpc) is 3.17. The van der Waals surface area contributed by atoms with Gasteiger partial charge in [0.25, 0.3) is 0 Å². The van der Waals surface area contributed by atoms with Crippen LogP contribution in [0.5, 0.6) is 0 Å². The molecule has 36 heavy (non-hydrogen) atoms. The summed E-state index contributed by atoms with van der Waals surface area (Å²) in [5.74, 6) is 0.00263. The van der Waals surface area contributed by atoms with Gasteiger partial charge in [0.05, 0.1) is 12.5 Å². The number of carbonyl (C=O) groups excluding carboxylic acids is 3. The summed E-state index contributed by atoms with van der Waals surface area (Å²) in [6.45, 7) is 5.08. The number of nitrogens with one attached hydrogen (secondary N) is 2. The average molecular weight is 516 g/mol. The Kier molecular flexibility index (Phi) is 7.45. The molecular weight excluding hydrogens is 478 g/mol. The summed E-state index contributed by atoms with van der Waals surface area (Å²) in [6.07, 6.45) is 6.97. The molecule has 196 valence electrons. The number of hydrogen-bond acceptors (Lipinski definition) is 4. The van der Waals surface area contributed by atoms with E-state index in [1.807, 2.05) is 34.1 Å². The van der Waals surface area contributed by atoms with Crippen molar-refractivity contribution in [3.05, 3.63) is 34.9 Å². The summed E-state index contributed by atoms with van der Waals surface area (Å²) in [5.41, 5.74) is 4.22. The van der Waals surface area contributed by atoms with Gasteiger partial charge in [0, 0.05) is 29.6 Å². The molecule has 0 spiro atoms. The zero-order valence-corrected chi connectivity index (χ0v) is 22.0. The highest BCUT2D eigenvalue weighted by atomic mass is 35.5. The van der Waals surface area contributed by atoms with E-state index in [1.54, 1.807) is 5.01 Å². The number of fused-ring (bicyclic) bond motifs is 3. The maximum Gasteiger partial charge on any atom is 0.337 e. The number of hydrogen-bond donors (Lipinski definition) is 2. The first-order chi connectivity index (χ1) is 17.3. The largest absolute Gasteiger partial charge is 0.353 e. The molecule has 8 nitrogen and oxygen atoms in total. The quantitative estimate of drug-likeness (QED) is 0.597. The Morgan fingerprint density at radius 2 is 1.92 bits per heavy atom. The number of nitrogens with zero attached hydrogens (tertiary/aromatic N) is 3. The maximum atomic E-state index is 13.7. The van der Waals surface area contributed by atoms with Crippen molar-refractivity contribution in [2.45, 2.75) is 90.1 Å². The highest BCUT2D eigenvalue weighted by Gasteiger charge is 2.56. The molecule has 2 aliphatic heterocycles. The van der Waals surface area contributed by atoms with Crippen LogP contribution in [-0.4, -0.2) is 57.6 Å². The van der Waals surface area contributed by atoms with Gasteiger partial charge in [0.15, 0.2) is 6.29 Å². The van der Waals surface area contributed by atoms with E-state index in [2.05, 4.69) is 24.6 Å². The van der Waals surface area contributed by atoms with Gasteiger partial charge < -0.3 is 10.2 Å². The first kappa shape index (κ1) is 25.3. The molecule has 0 aromatic heterocycles. The van der Waals surface area contributed by atoms with Crippen LogP contribution in [0.15, 0.2) is 24.3 Å². The fourth-order valence-electron chi connectivity index (χ4n) is 6.44. The van der Waals surface area contributed by atoms with Crippen molar-refractivity contribution in [3.63, 3.8) is 0 Å². The molecule has 2 heterocycles. The Morgan fingerprint density at radius 3 is 2.64 bits per heavy atom. The molecule has 2 N–H and O–H groups in total. The molecule has 4 aliphatic rings. The Morgan fingerprint density at radius 1 is 1.14 bits per heavy atom. The van der Waals surface area contributed by atoms with Gasteiger partial charge >= 0.3 is 6.03 Å². The zero-order chi connectivity index (χ0) is 25.4. The molecule has 0 bridgehead atoms. The molecule has 4 unspecified atom stereocenters. The number of rotatable bonds is 6. The Hall–Kier alpha value is -2.32. The van der Waals surface area contributed by atoms with Crippen LogP contribution >= 0.6 is 11.6 Å². The normalized spacial score (nSPS) is 28.9. The number of benzene rings is 1. The number of amides is 4. The smallest absolute Gasteiger partial charge is 0.337 e. The molecule has 4 atom stereocenters. The first-order valence-corrected chi connectivity index (χ1v) is 13.9. The monoisotopic (exact) mass is 515 g/mol. The highest BCUT2D eigenvalue weighted by Crippen LogP contribution is 2.41. The Labute approximate surface area is 218 Å². The molecule has 5 rings (SSSR count). The molecule has 4 amide bonds. The summed E-state index contributed by atoms with van der Waals surface area (Å²) in [7, 11) is 0. The van der Waals surface area contributed by atoms with E-state index in [0.29, 0.717) is 37.4 Å². The third kappa shape index (κ3) is 5.07. The number of hydrazine groups is 1. The van der Waals surface area contributed by atoms with E-state index < -0.39 is 6.29 Å². The molecule has 2 saturated carbocycles. The van der Waals surface area contributed by atoms with Crippen LogP contribution in [0.1, 0.15) is 70.8 Å². The fraction of sp³-hybridized carbons (Fsp3) is 0.667. The third-order valence-electron chi connectivity index (χ3n) is 8.17. The van der Waals surface area contributed by atoms with Crippen molar-refractivity contribution in [3.8, 4) is 0 Å². The second kappa shape index (κ2) is 10.6. The van der Waals surface area contributed by atoms with Crippen molar-refractivity contribution in [1.82, 2.24) is 25.6 Å². The van der Waals surface area contributed by atoms with E-state index >= 15 is 0 Å². The molecular formula is C27H38ClN5O3. The zero-order valence-electron chi connectivity index (χ0n) is 21.3. The summed E-state index contributed by atoms with van der Waals surface area (Å²) in [6, 6.07) is 7.28.